The van der Waals surface area contributed by atoms with Gasteiger partial charge in [0.2, 0.25) is 0 Å². The van der Waals surface area contributed by atoms with Crippen LogP contribution in [0.2, 0.25) is 0 Å². The monoisotopic (exact) mass is 209 g/mol. The second kappa shape index (κ2) is 4.79. The Morgan fingerprint density at radius 2 is 2.07 bits per heavy atom. The summed E-state index contributed by atoms with van der Waals surface area (Å²) in [7, 11) is 0. The van der Waals surface area contributed by atoms with Crippen molar-refractivity contribution in [3.05, 3.63) is 29.8 Å². The zero-order valence-electron chi connectivity index (χ0n) is 8.77. The molecule has 0 heterocycles. The summed E-state index contributed by atoms with van der Waals surface area (Å²) in [5.41, 5.74) is 0.864. The molecule has 0 aliphatic carbocycles. The topological polar surface area (TPSA) is 69.6 Å². The van der Waals surface area contributed by atoms with Crippen molar-refractivity contribution in [3.63, 3.8) is 0 Å². The molecule has 4 nitrogen and oxygen atoms in total. The van der Waals surface area contributed by atoms with Crippen LogP contribution in [0.25, 0.3) is 0 Å². The lowest BCUT2D eigenvalue weighted by Crippen LogP contribution is -2.35. The molecule has 4 heteroatoms. The van der Waals surface area contributed by atoms with Crippen LogP contribution >= 0.6 is 0 Å². The highest BCUT2D eigenvalue weighted by atomic mass is 16.4. The van der Waals surface area contributed by atoms with Gasteiger partial charge >= 0.3 is 5.97 Å². The van der Waals surface area contributed by atoms with E-state index in [1.165, 1.54) is 0 Å². The lowest BCUT2D eigenvalue weighted by atomic mass is 10.1. The van der Waals surface area contributed by atoms with Crippen molar-refractivity contribution in [2.45, 2.75) is 25.9 Å². The highest BCUT2D eigenvalue weighted by Crippen LogP contribution is 2.18. The Balaban J connectivity index is 2.68. The third-order valence-electron chi connectivity index (χ3n) is 2.24. The Kier molecular flexibility index (Phi) is 3.68. The van der Waals surface area contributed by atoms with Gasteiger partial charge < -0.3 is 10.2 Å². The van der Waals surface area contributed by atoms with Crippen LogP contribution < -0.4 is 5.32 Å². The zero-order valence-corrected chi connectivity index (χ0v) is 8.77. The minimum atomic E-state index is -0.887. The van der Waals surface area contributed by atoms with E-state index < -0.39 is 12.0 Å². The van der Waals surface area contributed by atoms with Crippen LogP contribution in [0.1, 0.15) is 25.5 Å². The van der Waals surface area contributed by atoms with Gasteiger partial charge in [-0.15, -0.1) is 0 Å². The van der Waals surface area contributed by atoms with E-state index in [1.54, 1.807) is 25.1 Å². The molecule has 15 heavy (non-hydrogen) atoms. The van der Waals surface area contributed by atoms with Crippen LogP contribution in [0, 0.1) is 0 Å². The molecule has 2 atom stereocenters. The number of hydrogen-bond donors (Lipinski definition) is 3. The van der Waals surface area contributed by atoms with Crippen molar-refractivity contribution in [1.29, 1.82) is 0 Å². The summed E-state index contributed by atoms with van der Waals surface area (Å²) in [5.74, 6) is -0.703. The van der Waals surface area contributed by atoms with Crippen molar-refractivity contribution >= 4 is 5.97 Å². The first kappa shape index (κ1) is 11.5. The van der Waals surface area contributed by atoms with Gasteiger partial charge in [0.1, 0.15) is 11.8 Å². The number of aromatic hydroxyl groups is 1. The van der Waals surface area contributed by atoms with Gasteiger partial charge in [-0.25, -0.2) is 0 Å². The van der Waals surface area contributed by atoms with Crippen molar-refractivity contribution in [2.75, 3.05) is 0 Å². The van der Waals surface area contributed by atoms with Crippen LogP contribution in [0.5, 0.6) is 5.75 Å². The van der Waals surface area contributed by atoms with Gasteiger partial charge in [0.15, 0.2) is 0 Å². The largest absolute Gasteiger partial charge is 0.508 e. The van der Waals surface area contributed by atoms with Crippen molar-refractivity contribution in [3.8, 4) is 5.75 Å². The SMILES string of the molecule is CC(NC(C)c1cccc(O)c1)C(=O)O. The first-order valence-electron chi connectivity index (χ1n) is 4.78. The van der Waals surface area contributed by atoms with E-state index in [-0.39, 0.29) is 11.8 Å². The molecule has 1 aromatic rings. The molecule has 0 radical (unpaired) electrons. The summed E-state index contributed by atoms with van der Waals surface area (Å²) >= 11 is 0. The van der Waals surface area contributed by atoms with Crippen LogP contribution in [-0.4, -0.2) is 22.2 Å². The smallest absolute Gasteiger partial charge is 0.320 e. The van der Waals surface area contributed by atoms with Gasteiger partial charge in [0, 0.05) is 6.04 Å². The number of phenols is 1. The average molecular weight is 209 g/mol. The summed E-state index contributed by atoms with van der Waals surface area (Å²) in [6.07, 6.45) is 0. The van der Waals surface area contributed by atoms with E-state index in [2.05, 4.69) is 5.32 Å². The number of benzene rings is 1. The van der Waals surface area contributed by atoms with Crippen molar-refractivity contribution in [1.82, 2.24) is 5.32 Å². The Hall–Kier alpha value is -1.55. The third kappa shape index (κ3) is 3.25. The molecular formula is C11H15NO3. The van der Waals surface area contributed by atoms with E-state index in [4.69, 9.17) is 5.11 Å². The zero-order chi connectivity index (χ0) is 11.4. The molecule has 0 aliphatic rings. The lowest BCUT2D eigenvalue weighted by Gasteiger charge is -2.17. The van der Waals surface area contributed by atoms with Crippen molar-refractivity contribution < 1.29 is 15.0 Å². The maximum Gasteiger partial charge on any atom is 0.320 e. The van der Waals surface area contributed by atoms with Crippen LogP contribution in [0.4, 0.5) is 0 Å². The molecule has 0 bridgehead atoms. The van der Waals surface area contributed by atoms with Gasteiger partial charge in [-0.2, -0.15) is 0 Å². The minimum absolute atomic E-state index is 0.108. The van der Waals surface area contributed by atoms with Gasteiger partial charge in [0.25, 0.3) is 0 Å². The molecule has 0 spiro atoms. The second-order valence-corrected chi connectivity index (χ2v) is 3.54. The molecule has 1 aromatic carbocycles. The van der Waals surface area contributed by atoms with Gasteiger partial charge in [-0.3, -0.25) is 10.1 Å². The van der Waals surface area contributed by atoms with Crippen molar-refractivity contribution in [2.24, 2.45) is 0 Å². The number of hydrogen-bond acceptors (Lipinski definition) is 3. The maximum absolute atomic E-state index is 10.6. The summed E-state index contributed by atoms with van der Waals surface area (Å²) in [5, 5.41) is 20.9. The number of aliphatic carboxylic acids is 1. The molecule has 1 rings (SSSR count). The predicted molar refractivity (Wildman–Crippen MR) is 56.8 cm³/mol. The molecular weight excluding hydrogens is 194 g/mol. The quantitative estimate of drug-likeness (QED) is 0.703. The molecule has 2 unspecified atom stereocenters. The normalized spacial score (nSPS) is 14.5. The van der Waals surface area contributed by atoms with Crippen LogP contribution in [-0.2, 0) is 4.79 Å². The predicted octanol–water partition coefficient (Wildman–Crippen LogP) is 1.52. The summed E-state index contributed by atoms with van der Waals surface area (Å²) in [6, 6.07) is 6.05. The molecule has 0 saturated heterocycles. The Morgan fingerprint density at radius 3 is 2.60 bits per heavy atom. The van der Waals surface area contributed by atoms with E-state index in [1.807, 2.05) is 13.0 Å². The third-order valence-corrected chi connectivity index (χ3v) is 2.24. The second-order valence-electron chi connectivity index (χ2n) is 3.54. The number of nitrogens with one attached hydrogen (secondary N) is 1. The average Bonchev–Trinajstić information content (AvgIpc) is 2.17. The first-order valence-corrected chi connectivity index (χ1v) is 4.78. The number of rotatable bonds is 4. The molecule has 0 aliphatic heterocycles. The van der Waals surface area contributed by atoms with Gasteiger partial charge in [0.05, 0.1) is 0 Å². The van der Waals surface area contributed by atoms with E-state index in [9.17, 15) is 9.90 Å². The first-order chi connectivity index (χ1) is 7.00. The molecule has 0 fully saturated rings. The summed E-state index contributed by atoms with van der Waals surface area (Å²) in [6.45, 7) is 3.44. The Morgan fingerprint density at radius 1 is 1.40 bits per heavy atom. The van der Waals surface area contributed by atoms with Gasteiger partial charge in [-0.05, 0) is 31.5 Å². The standard InChI is InChI=1S/C11H15NO3/c1-7(12-8(2)11(14)15)9-4-3-5-10(13)6-9/h3-8,12-13H,1-2H3,(H,14,15). The number of carboxylic acids is 1. The maximum atomic E-state index is 10.6. The highest BCUT2D eigenvalue weighted by molar-refractivity contribution is 5.72. The molecule has 82 valence electrons. The Labute approximate surface area is 88.6 Å². The molecule has 0 saturated carbocycles. The molecule has 3 N–H and O–H groups in total. The van der Waals surface area contributed by atoms with Gasteiger partial charge in [-0.1, -0.05) is 12.1 Å². The number of phenolic OH excluding ortho intramolecular Hbond substituents is 1. The fraction of sp³-hybridized carbons (Fsp3) is 0.364. The number of carbonyl (C=O) groups is 1. The molecule has 0 aromatic heterocycles. The lowest BCUT2D eigenvalue weighted by molar-refractivity contribution is -0.139. The molecule has 0 amide bonds. The fourth-order valence-electron chi connectivity index (χ4n) is 1.34. The van der Waals surface area contributed by atoms with E-state index >= 15 is 0 Å². The fourth-order valence-corrected chi connectivity index (χ4v) is 1.34. The minimum Gasteiger partial charge on any atom is -0.508 e. The highest BCUT2D eigenvalue weighted by Gasteiger charge is 2.14. The van der Waals surface area contributed by atoms with E-state index in [0.717, 1.165) is 5.56 Å². The van der Waals surface area contributed by atoms with E-state index in [0.29, 0.717) is 0 Å². The summed E-state index contributed by atoms with van der Waals surface area (Å²) < 4.78 is 0. The number of carboxylic acid groups (broad SMARTS) is 1. The Bertz CT molecular complexity index is 351. The summed E-state index contributed by atoms with van der Waals surface area (Å²) in [4.78, 5) is 10.6. The van der Waals surface area contributed by atoms with Crippen LogP contribution in [0.15, 0.2) is 24.3 Å². The van der Waals surface area contributed by atoms with Crippen LogP contribution in [0.3, 0.4) is 0 Å².